The summed E-state index contributed by atoms with van der Waals surface area (Å²) in [7, 11) is 1.59. The van der Waals surface area contributed by atoms with Crippen LogP contribution in [0.5, 0.6) is 11.5 Å². The second kappa shape index (κ2) is 8.09. The molecule has 2 rings (SSSR count). The first-order valence-corrected chi connectivity index (χ1v) is 7.06. The lowest BCUT2D eigenvalue weighted by atomic mass is 10.2. The maximum absolute atomic E-state index is 9.53. The normalized spacial score (nSPS) is 15.7. The number of benzene rings is 1. The van der Waals surface area contributed by atoms with Crippen LogP contribution in [-0.4, -0.2) is 44.7 Å². The molecule has 0 amide bonds. The van der Waals surface area contributed by atoms with E-state index in [0.29, 0.717) is 26.2 Å². The summed E-state index contributed by atoms with van der Waals surface area (Å²) in [6.07, 6.45) is 1.19. The van der Waals surface area contributed by atoms with Crippen molar-refractivity contribution in [1.82, 2.24) is 5.32 Å². The molecule has 0 spiro atoms. The highest BCUT2D eigenvalue weighted by Crippen LogP contribution is 2.30. The van der Waals surface area contributed by atoms with E-state index in [0.717, 1.165) is 36.6 Å². The fourth-order valence-electron chi connectivity index (χ4n) is 2.09. The van der Waals surface area contributed by atoms with Crippen molar-refractivity contribution in [3.05, 3.63) is 23.8 Å². The lowest BCUT2D eigenvalue weighted by molar-refractivity contribution is 0.0594. The maximum Gasteiger partial charge on any atom is 0.161 e. The van der Waals surface area contributed by atoms with Gasteiger partial charge in [0.25, 0.3) is 0 Å². The highest BCUT2D eigenvalue weighted by Gasteiger charge is 2.10. The molecule has 0 fully saturated rings. The van der Waals surface area contributed by atoms with E-state index in [1.165, 1.54) is 0 Å². The van der Waals surface area contributed by atoms with Crippen LogP contribution in [0, 0.1) is 0 Å². The van der Waals surface area contributed by atoms with Crippen LogP contribution < -0.4 is 14.8 Å². The van der Waals surface area contributed by atoms with Crippen molar-refractivity contribution in [3.63, 3.8) is 0 Å². The van der Waals surface area contributed by atoms with Crippen LogP contribution in [0.15, 0.2) is 18.2 Å². The molecule has 5 nitrogen and oxygen atoms in total. The summed E-state index contributed by atoms with van der Waals surface area (Å²) in [5, 5.41) is 12.8. The number of hydrogen-bond acceptors (Lipinski definition) is 5. The molecule has 0 saturated heterocycles. The first-order chi connectivity index (χ1) is 9.79. The fraction of sp³-hybridized carbons (Fsp3) is 0.600. The van der Waals surface area contributed by atoms with E-state index in [9.17, 15) is 5.11 Å². The molecule has 2 N–H and O–H groups in total. The number of ether oxygens (including phenoxy) is 3. The van der Waals surface area contributed by atoms with Crippen molar-refractivity contribution in [2.75, 3.05) is 33.5 Å². The number of rotatable bonds is 7. The molecule has 0 bridgehead atoms. The Kier molecular flexibility index (Phi) is 6.11. The van der Waals surface area contributed by atoms with Crippen molar-refractivity contribution in [1.29, 1.82) is 0 Å². The average molecular weight is 281 g/mol. The second-order valence-corrected chi connectivity index (χ2v) is 4.91. The van der Waals surface area contributed by atoms with E-state index < -0.39 is 6.10 Å². The van der Waals surface area contributed by atoms with Gasteiger partial charge in [0.15, 0.2) is 11.5 Å². The molecular weight excluding hydrogens is 258 g/mol. The molecule has 1 unspecified atom stereocenters. The van der Waals surface area contributed by atoms with Gasteiger partial charge in [-0.2, -0.15) is 0 Å². The molecule has 0 aliphatic carbocycles. The van der Waals surface area contributed by atoms with E-state index >= 15 is 0 Å². The zero-order chi connectivity index (χ0) is 14.2. The van der Waals surface area contributed by atoms with E-state index in [1.54, 1.807) is 7.11 Å². The molecule has 1 aromatic rings. The number of methoxy groups -OCH3 is 1. The maximum atomic E-state index is 9.53. The monoisotopic (exact) mass is 281 g/mol. The second-order valence-electron chi connectivity index (χ2n) is 4.91. The minimum absolute atomic E-state index is 0.381. The third-order valence-corrected chi connectivity index (χ3v) is 3.15. The van der Waals surface area contributed by atoms with Gasteiger partial charge in [0.2, 0.25) is 0 Å². The standard InChI is InChI=1S/C15H23NO4/c1-18-11-13(17)5-6-16-10-12-3-4-14-15(9-12)20-8-2-7-19-14/h3-4,9,13,16-17H,2,5-8,10-11H2,1H3. The first-order valence-electron chi connectivity index (χ1n) is 7.06. The van der Waals surface area contributed by atoms with Crippen molar-refractivity contribution in [3.8, 4) is 11.5 Å². The van der Waals surface area contributed by atoms with E-state index in [1.807, 2.05) is 18.2 Å². The van der Waals surface area contributed by atoms with Crippen LogP contribution in [0.1, 0.15) is 18.4 Å². The Morgan fingerprint density at radius 2 is 2.10 bits per heavy atom. The minimum atomic E-state index is -0.406. The van der Waals surface area contributed by atoms with Gasteiger partial charge in [-0.15, -0.1) is 0 Å². The van der Waals surface area contributed by atoms with Crippen molar-refractivity contribution >= 4 is 0 Å². The van der Waals surface area contributed by atoms with Gasteiger partial charge in [-0.1, -0.05) is 6.07 Å². The summed E-state index contributed by atoms with van der Waals surface area (Å²) in [4.78, 5) is 0. The third kappa shape index (κ3) is 4.67. The predicted octanol–water partition coefficient (Wildman–Crippen LogP) is 1.33. The summed E-state index contributed by atoms with van der Waals surface area (Å²) in [6, 6.07) is 6.00. The van der Waals surface area contributed by atoms with Crippen LogP contribution in [0.25, 0.3) is 0 Å². The number of aliphatic hydroxyl groups is 1. The number of hydrogen-bond donors (Lipinski definition) is 2. The van der Waals surface area contributed by atoms with Crippen LogP contribution >= 0.6 is 0 Å². The molecule has 20 heavy (non-hydrogen) atoms. The van der Waals surface area contributed by atoms with Crippen LogP contribution in [0.2, 0.25) is 0 Å². The van der Waals surface area contributed by atoms with E-state index in [2.05, 4.69) is 5.32 Å². The largest absolute Gasteiger partial charge is 0.490 e. The summed E-state index contributed by atoms with van der Waals surface area (Å²) in [5.41, 5.74) is 1.15. The molecule has 0 saturated carbocycles. The van der Waals surface area contributed by atoms with Gasteiger partial charge < -0.3 is 24.6 Å². The Bertz CT molecular complexity index is 411. The molecule has 0 aromatic heterocycles. The molecule has 5 heteroatoms. The number of aliphatic hydroxyl groups excluding tert-OH is 1. The molecule has 1 heterocycles. The molecule has 1 aromatic carbocycles. The van der Waals surface area contributed by atoms with Gasteiger partial charge in [0.1, 0.15) is 0 Å². The van der Waals surface area contributed by atoms with Crippen molar-refractivity contribution < 1.29 is 19.3 Å². The highest BCUT2D eigenvalue weighted by atomic mass is 16.5. The Morgan fingerprint density at radius 1 is 1.30 bits per heavy atom. The minimum Gasteiger partial charge on any atom is -0.490 e. The summed E-state index contributed by atoms with van der Waals surface area (Å²) in [6.45, 7) is 3.29. The molecule has 0 radical (unpaired) electrons. The highest BCUT2D eigenvalue weighted by molar-refractivity contribution is 5.43. The SMILES string of the molecule is COCC(O)CCNCc1ccc2c(c1)OCCCO2. The van der Waals surface area contributed by atoms with Crippen LogP contribution in [-0.2, 0) is 11.3 Å². The van der Waals surface area contributed by atoms with Gasteiger partial charge in [-0.3, -0.25) is 0 Å². The molecule has 1 aliphatic rings. The zero-order valence-corrected chi connectivity index (χ0v) is 11.9. The summed E-state index contributed by atoms with van der Waals surface area (Å²) < 4.78 is 16.1. The van der Waals surface area contributed by atoms with Gasteiger partial charge in [-0.25, -0.2) is 0 Å². The third-order valence-electron chi connectivity index (χ3n) is 3.15. The Balaban J connectivity index is 1.77. The molecular formula is C15H23NO4. The Morgan fingerprint density at radius 3 is 2.90 bits per heavy atom. The smallest absolute Gasteiger partial charge is 0.161 e. The topological polar surface area (TPSA) is 60.0 Å². The lowest BCUT2D eigenvalue weighted by Gasteiger charge is -2.12. The average Bonchev–Trinajstić information content (AvgIpc) is 2.68. The van der Waals surface area contributed by atoms with E-state index in [4.69, 9.17) is 14.2 Å². The summed E-state index contributed by atoms with van der Waals surface area (Å²) >= 11 is 0. The molecule has 112 valence electrons. The van der Waals surface area contributed by atoms with E-state index in [-0.39, 0.29) is 0 Å². The number of fused-ring (bicyclic) bond motifs is 1. The van der Waals surface area contributed by atoms with Gasteiger partial charge in [-0.05, 0) is 30.7 Å². The Labute approximate surface area is 119 Å². The van der Waals surface area contributed by atoms with Crippen molar-refractivity contribution in [2.45, 2.75) is 25.5 Å². The van der Waals surface area contributed by atoms with Gasteiger partial charge >= 0.3 is 0 Å². The summed E-state index contributed by atoms with van der Waals surface area (Å²) in [5.74, 6) is 1.64. The van der Waals surface area contributed by atoms with Gasteiger partial charge in [0, 0.05) is 20.1 Å². The van der Waals surface area contributed by atoms with Crippen LogP contribution in [0.3, 0.4) is 0 Å². The number of nitrogens with one attached hydrogen (secondary N) is 1. The predicted molar refractivity (Wildman–Crippen MR) is 76.3 cm³/mol. The first kappa shape index (κ1) is 15.1. The quantitative estimate of drug-likeness (QED) is 0.739. The van der Waals surface area contributed by atoms with Crippen molar-refractivity contribution in [2.24, 2.45) is 0 Å². The zero-order valence-electron chi connectivity index (χ0n) is 11.9. The van der Waals surface area contributed by atoms with Crippen LogP contribution in [0.4, 0.5) is 0 Å². The molecule has 1 atom stereocenters. The lowest BCUT2D eigenvalue weighted by Crippen LogP contribution is -2.23. The van der Waals surface area contributed by atoms with Gasteiger partial charge in [0.05, 0.1) is 25.9 Å². The fourth-order valence-corrected chi connectivity index (χ4v) is 2.09. The molecule has 1 aliphatic heterocycles. The Hall–Kier alpha value is -1.30.